The van der Waals surface area contributed by atoms with Crippen molar-refractivity contribution in [1.29, 1.82) is 0 Å². The fraction of sp³-hybridized carbons (Fsp3) is 0.438. The average Bonchev–Trinajstić information content (AvgIpc) is 3.06. The number of hydrogen-bond acceptors (Lipinski definition) is 3. The summed E-state index contributed by atoms with van der Waals surface area (Å²) in [5.74, 6) is -0.646. The standard InChI is InChI=1S/C16H18O3/c1-13(17)7-8-15(9-10-15)16(18-11-12-19-16)14-5-3-2-4-6-14/h2-8H,9-12H2,1H3/b8-7+. The Morgan fingerprint density at radius 3 is 2.32 bits per heavy atom. The van der Waals surface area contributed by atoms with Gasteiger partial charge in [0.2, 0.25) is 5.79 Å². The minimum absolute atomic E-state index is 0.0625. The van der Waals surface area contributed by atoms with Crippen LogP contribution < -0.4 is 0 Å². The number of carbonyl (C=O) groups is 1. The van der Waals surface area contributed by atoms with Gasteiger partial charge in [0.15, 0.2) is 5.78 Å². The van der Waals surface area contributed by atoms with E-state index < -0.39 is 5.79 Å². The molecule has 1 heterocycles. The minimum Gasteiger partial charge on any atom is -0.343 e. The third-order valence-electron chi connectivity index (χ3n) is 3.93. The van der Waals surface area contributed by atoms with Crippen LogP contribution in [-0.4, -0.2) is 19.0 Å². The van der Waals surface area contributed by atoms with Gasteiger partial charge in [0.05, 0.1) is 13.2 Å². The van der Waals surface area contributed by atoms with Crippen molar-refractivity contribution in [2.24, 2.45) is 5.41 Å². The summed E-state index contributed by atoms with van der Waals surface area (Å²) in [6, 6.07) is 10.0. The van der Waals surface area contributed by atoms with Gasteiger partial charge in [-0.05, 0) is 25.8 Å². The Labute approximate surface area is 113 Å². The van der Waals surface area contributed by atoms with Crippen molar-refractivity contribution in [3.63, 3.8) is 0 Å². The van der Waals surface area contributed by atoms with E-state index in [1.54, 1.807) is 13.0 Å². The zero-order valence-corrected chi connectivity index (χ0v) is 11.1. The summed E-state index contributed by atoms with van der Waals surface area (Å²) < 4.78 is 12.0. The first-order valence-electron chi connectivity index (χ1n) is 6.72. The SMILES string of the molecule is CC(=O)/C=C/C1(C2(c3ccccc3)OCCO2)CC1. The highest BCUT2D eigenvalue weighted by molar-refractivity contribution is 5.87. The molecule has 0 atom stereocenters. The lowest BCUT2D eigenvalue weighted by Gasteiger charge is -2.34. The Hall–Kier alpha value is -1.45. The highest BCUT2D eigenvalue weighted by Gasteiger charge is 2.62. The van der Waals surface area contributed by atoms with Crippen LogP contribution in [0.25, 0.3) is 0 Å². The first kappa shape index (κ1) is 12.6. The van der Waals surface area contributed by atoms with Gasteiger partial charge in [-0.3, -0.25) is 4.79 Å². The molecule has 1 saturated heterocycles. The maximum absolute atomic E-state index is 11.2. The van der Waals surface area contributed by atoms with E-state index in [9.17, 15) is 4.79 Å². The van der Waals surface area contributed by atoms with Gasteiger partial charge < -0.3 is 9.47 Å². The lowest BCUT2D eigenvalue weighted by Crippen LogP contribution is -2.37. The number of carbonyl (C=O) groups excluding carboxylic acids is 1. The molecule has 3 heteroatoms. The van der Waals surface area contributed by atoms with Crippen molar-refractivity contribution in [3.05, 3.63) is 48.0 Å². The van der Waals surface area contributed by atoms with Crippen molar-refractivity contribution in [3.8, 4) is 0 Å². The monoisotopic (exact) mass is 258 g/mol. The Kier molecular flexibility index (Phi) is 3.03. The molecular formula is C16H18O3. The molecule has 2 fully saturated rings. The molecule has 1 aromatic carbocycles. The number of allylic oxidation sites excluding steroid dienone is 1. The molecule has 0 spiro atoms. The van der Waals surface area contributed by atoms with Gasteiger partial charge in [0, 0.05) is 11.0 Å². The maximum Gasteiger partial charge on any atom is 0.204 e. The molecular weight excluding hydrogens is 240 g/mol. The van der Waals surface area contributed by atoms with E-state index in [2.05, 4.69) is 0 Å². The van der Waals surface area contributed by atoms with Crippen LogP contribution in [0.15, 0.2) is 42.5 Å². The summed E-state index contributed by atoms with van der Waals surface area (Å²) in [5.41, 5.74) is 0.856. The van der Waals surface area contributed by atoms with Gasteiger partial charge in [-0.1, -0.05) is 36.4 Å². The van der Waals surface area contributed by atoms with Gasteiger partial charge >= 0.3 is 0 Å². The third-order valence-corrected chi connectivity index (χ3v) is 3.93. The van der Waals surface area contributed by atoms with Crippen LogP contribution >= 0.6 is 0 Å². The number of rotatable bonds is 4. The zero-order chi connectivity index (χ0) is 13.3. The Bertz CT molecular complexity index is 494. The second kappa shape index (κ2) is 4.58. The van der Waals surface area contributed by atoms with Crippen molar-refractivity contribution in [2.45, 2.75) is 25.6 Å². The zero-order valence-electron chi connectivity index (χ0n) is 11.1. The highest BCUT2D eigenvalue weighted by atomic mass is 16.7. The van der Waals surface area contributed by atoms with E-state index in [4.69, 9.17) is 9.47 Å². The van der Waals surface area contributed by atoms with E-state index >= 15 is 0 Å². The first-order chi connectivity index (χ1) is 9.19. The van der Waals surface area contributed by atoms with Gasteiger partial charge in [0.25, 0.3) is 0 Å². The molecule has 19 heavy (non-hydrogen) atoms. The number of benzene rings is 1. The second-order valence-corrected chi connectivity index (χ2v) is 5.28. The number of ketones is 1. The van der Waals surface area contributed by atoms with E-state index in [0.29, 0.717) is 13.2 Å². The first-order valence-corrected chi connectivity index (χ1v) is 6.72. The number of ether oxygens (including phenoxy) is 2. The largest absolute Gasteiger partial charge is 0.343 e. The summed E-state index contributed by atoms with van der Waals surface area (Å²) in [7, 11) is 0. The molecule has 1 aliphatic carbocycles. The van der Waals surface area contributed by atoms with Gasteiger partial charge in [-0.2, -0.15) is 0 Å². The quantitative estimate of drug-likeness (QED) is 0.779. The van der Waals surface area contributed by atoms with Crippen LogP contribution in [0.1, 0.15) is 25.3 Å². The van der Waals surface area contributed by atoms with Crippen molar-refractivity contribution >= 4 is 5.78 Å². The highest BCUT2D eigenvalue weighted by Crippen LogP contribution is 2.62. The van der Waals surface area contributed by atoms with Crippen LogP contribution in [0.3, 0.4) is 0 Å². The molecule has 3 rings (SSSR count). The molecule has 2 aliphatic rings. The van der Waals surface area contributed by atoms with Gasteiger partial charge in [-0.15, -0.1) is 0 Å². The van der Waals surface area contributed by atoms with Crippen molar-refractivity contribution < 1.29 is 14.3 Å². The topological polar surface area (TPSA) is 35.5 Å². The average molecular weight is 258 g/mol. The normalized spacial score (nSPS) is 23.6. The molecule has 0 aromatic heterocycles. The predicted octanol–water partition coefficient (Wildman–Crippen LogP) is 2.81. The number of hydrogen-bond donors (Lipinski definition) is 0. The van der Waals surface area contributed by atoms with Crippen LogP contribution in [0, 0.1) is 5.41 Å². The molecule has 100 valence electrons. The van der Waals surface area contributed by atoms with Crippen molar-refractivity contribution in [1.82, 2.24) is 0 Å². The van der Waals surface area contributed by atoms with E-state index in [1.807, 2.05) is 36.4 Å². The summed E-state index contributed by atoms with van der Waals surface area (Å²) in [4.78, 5) is 11.2. The van der Waals surface area contributed by atoms with E-state index in [-0.39, 0.29) is 11.2 Å². The van der Waals surface area contributed by atoms with Crippen LogP contribution in [0.4, 0.5) is 0 Å². The molecule has 1 aromatic rings. The summed E-state index contributed by atoms with van der Waals surface area (Å²) >= 11 is 0. The van der Waals surface area contributed by atoms with Gasteiger partial charge in [-0.25, -0.2) is 0 Å². The molecule has 3 nitrogen and oxygen atoms in total. The Morgan fingerprint density at radius 1 is 1.16 bits per heavy atom. The Morgan fingerprint density at radius 2 is 1.79 bits per heavy atom. The lowest BCUT2D eigenvalue weighted by atomic mass is 9.87. The molecule has 0 bridgehead atoms. The minimum atomic E-state index is -0.708. The fourth-order valence-electron chi connectivity index (χ4n) is 2.83. The summed E-state index contributed by atoms with van der Waals surface area (Å²) in [6.07, 6.45) is 5.60. The van der Waals surface area contributed by atoms with E-state index in [0.717, 1.165) is 18.4 Å². The Balaban J connectivity index is 2.00. The molecule has 0 amide bonds. The fourth-order valence-corrected chi connectivity index (χ4v) is 2.83. The van der Waals surface area contributed by atoms with Crippen LogP contribution in [0.5, 0.6) is 0 Å². The molecule has 1 aliphatic heterocycles. The van der Waals surface area contributed by atoms with Crippen LogP contribution in [-0.2, 0) is 20.1 Å². The predicted molar refractivity (Wildman–Crippen MR) is 71.5 cm³/mol. The third kappa shape index (κ3) is 2.03. The summed E-state index contributed by atoms with van der Waals surface area (Å²) in [6.45, 7) is 2.77. The van der Waals surface area contributed by atoms with Gasteiger partial charge in [0.1, 0.15) is 0 Å². The van der Waals surface area contributed by atoms with E-state index in [1.165, 1.54) is 0 Å². The molecule has 0 N–H and O–H groups in total. The van der Waals surface area contributed by atoms with Crippen LogP contribution in [0.2, 0.25) is 0 Å². The molecule has 0 unspecified atom stereocenters. The lowest BCUT2D eigenvalue weighted by molar-refractivity contribution is -0.203. The maximum atomic E-state index is 11.2. The smallest absolute Gasteiger partial charge is 0.204 e. The second-order valence-electron chi connectivity index (χ2n) is 5.28. The van der Waals surface area contributed by atoms with Crippen molar-refractivity contribution in [2.75, 3.05) is 13.2 Å². The molecule has 0 radical (unpaired) electrons. The molecule has 1 saturated carbocycles. The summed E-state index contributed by atoms with van der Waals surface area (Å²) in [5, 5.41) is 0.